The summed E-state index contributed by atoms with van der Waals surface area (Å²) in [6, 6.07) is 9.44. The Morgan fingerprint density at radius 2 is 2.11 bits per heavy atom. The van der Waals surface area contributed by atoms with Crippen molar-refractivity contribution in [2.75, 3.05) is 13.2 Å². The molecule has 144 valence electrons. The highest BCUT2D eigenvalue weighted by molar-refractivity contribution is 7.12. The first-order chi connectivity index (χ1) is 13.2. The maximum absolute atomic E-state index is 11.5. The molecule has 1 atom stereocenters. The van der Waals surface area contributed by atoms with E-state index >= 15 is 0 Å². The van der Waals surface area contributed by atoms with Gasteiger partial charge in [0.05, 0.1) is 6.61 Å². The third kappa shape index (κ3) is 4.21. The zero-order valence-corrected chi connectivity index (χ0v) is 17.0. The molecule has 0 saturated carbocycles. The standard InChI is InChI=1S/C23H29NO2S/c1-2-3-4-7-19-14-21-20-10-8-16(13-17(20)9-11-22(21)27-19)18-6-5-12-26-23(25)24-15-18/h8,10,13-14,18H,2-7,9,11-12,15H2,1H3,(H,24,25)/t18-/m0/s1. The van der Waals surface area contributed by atoms with Crippen molar-refractivity contribution in [1.29, 1.82) is 0 Å². The molecule has 4 heteroatoms. The smallest absolute Gasteiger partial charge is 0.407 e. The highest BCUT2D eigenvalue weighted by Crippen LogP contribution is 2.40. The van der Waals surface area contributed by atoms with Gasteiger partial charge in [0.15, 0.2) is 0 Å². The van der Waals surface area contributed by atoms with Gasteiger partial charge in [0.2, 0.25) is 0 Å². The second-order valence-electron chi connectivity index (χ2n) is 7.78. The average Bonchev–Trinajstić information content (AvgIpc) is 3.08. The largest absolute Gasteiger partial charge is 0.450 e. The molecule has 0 spiro atoms. The molecule has 1 aliphatic carbocycles. The fourth-order valence-electron chi connectivity index (χ4n) is 4.29. The number of carbonyl (C=O) groups excluding carboxylic acids is 1. The summed E-state index contributed by atoms with van der Waals surface area (Å²) in [5.74, 6) is 0.386. The number of nitrogens with one attached hydrogen (secondary N) is 1. The average molecular weight is 384 g/mol. The van der Waals surface area contributed by atoms with Crippen LogP contribution < -0.4 is 5.32 Å². The summed E-state index contributed by atoms with van der Waals surface area (Å²) in [6.45, 7) is 3.46. The number of carbonyl (C=O) groups is 1. The number of fused-ring (bicyclic) bond motifs is 3. The number of unbranched alkanes of at least 4 members (excludes halogenated alkanes) is 2. The van der Waals surface area contributed by atoms with Gasteiger partial charge in [-0.2, -0.15) is 0 Å². The molecule has 1 saturated heterocycles. The van der Waals surface area contributed by atoms with Crippen molar-refractivity contribution in [2.24, 2.45) is 0 Å². The predicted molar refractivity (Wildman–Crippen MR) is 112 cm³/mol. The number of cyclic esters (lactones) is 1. The molecule has 0 bridgehead atoms. The van der Waals surface area contributed by atoms with E-state index < -0.39 is 0 Å². The van der Waals surface area contributed by atoms with E-state index in [9.17, 15) is 4.79 Å². The highest BCUT2D eigenvalue weighted by Gasteiger charge is 2.22. The Hall–Kier alpha value is -1.81. The molecule has 2 aliphatic rings. The minimum absolute atomic E-state index is 0.281. The number of ether oxygens (including phenoxy) is 1. The number of alkyl carbamates (subject to hydrolysis) is 1. The Labute approximate surface area is 166 Å². The van der Waals surface area contributed by atoms with Crippen molar-refractivity contribution in [3.63, 3.8) is 0 Å². The van der Waals surface area contributed by atoms with E-state index in [2.05, 4.69) is 36.5 Å². The first-order valence-corrected chi connectivity index (χ1v) is 11.2. The first kappa shape index (κ1) is 18.5. The van der Waals surface area contributed by atoms with Crippen LogP contribution in [0.1, 0.15) is 65.8 Å². The quantitative estimate of drug-likeness (QED) is 0.658. The molecule has 1 amide bonds. The van der Waals surface area contributed by atoms with Gasteiger partial charge in [-0.1, -0.05) is 38.0 Å². The van der Waals surface area contributed by atoms with Crippen molar-refractivity contribution in [1.82, 2.24) is 5.32 Å². The lowest BCUT2D eigenvalue weighted by Crippen LogP contribution is -2.31. The predicted octanol–water partition coefficient (Wildman–Crippen LogP) is 5.85. The van der Waals surface area contributed by atoms with Crippen molar-refractivity contribution >= 4 is 17.4 Å². The zero-order valence-electron chi connectivity index (χ0n) is 16.2. The molecule has 1 aliphatic heterocycles. The van der Waals surface area contributed by atoms with Crippen LogP contribution in [-0.4, -0.2) is 19.2 Å². The number of amides is 1. The fourth-order valence-corrected chi connectivity index (χ4v) is 5.52. The lowest BCUT2D eigenvalue weighted by Gasteiger charge is -2.23. The monoisotopic (exact) mass is 383 g/mol. The van der Waals surface area contributed by atoms with E-state index in [1.807, 2.05) is 11.3 Å². The van der Waals surface area contributed by atoms with Crippen molar-refractivity contribution in [3.05, 3.63) is 45.1 Å². The van der Waals surface area contributed by atoms with Gasteiger partial charge in [-0.3, -0.25) is 0 Å². The Morgan fingerprint density at radius 3 is 3.00 bits per heavy atom. The van der Waals surface area contributed by atoms with E-state index in [4.69, 9.17) is 4.74 Å². The topological polar surface area (TPSA) is 38.3 Å². The lowest BCUT2D eigenvalue weighted by molar-refractivity contribution is 0.136. The van der Waals surface area contributed by atoms with Crippen LogP contribution in [0.3, 0.4) is 0 Å². The van der Waals surface area contributed by atoms with E-state index in [0.717, 1.165) is 19.3 Å². The molecule has 27 heavy (non-hydrogen) atoms. The van der Waals surface area contributed by atoms with Crippen molar-refractivity contribution in [3.8, 4) is 11.1 Å². The summed E-state index contributed by atoms with van der Waals surface area (Å²) in [5.41, 5.74) is 5.73. The molecule has 1 fully saturated rings. The maximum atomic E-state index is 11.5. The van der Waals surface area contributed by atoms with E-state index in [-0.39, 0.29) is 6.09 Å². The third-order valence-corrected chi connectivity index (χ3v) is 7.08. The number of thiophene rings is 1. The first-order valence-electron chi connectivity index (χ1n) is 10.4. The van der Waals surface area contributed by atoms with Crippen molar-refractivity contribution in [2.45, 2.75) is 64.2 Å². The lowest BCUT2D eigenvalue weighted by atomic mass is 9.85. The maximum Gasteiger partial charge on any atom is 0.407 e. The van der Waals surface area contributed by atoms with Crippen LogP contribution in [0.25, 0.3) is 11.1 Å². The molecule has 2 aromatic rings. The minimum Gasteiger partial charge on any atom is -0.450 e. The molecule has 2 heterocycles. The number of benzene rings is 1. The number of rotatable bonds is 5. The second kappa shape index (κ2) is 8.47. The highest BCUT2D eigenvalue weighted by atomic mass is 32.1. The van der Waals surface area contributed by atoms with Crippen LogP contribution in [0.15, 0.2) is 24.3 Å². The third-order valence-electron chi connectivity index (χ3n) is 5.82. The van der Waals surface area contributed by atoms with Gasteiger partial charge >= 0.3 is 6.09 Å². The Morgan fingerprint density at radius 1 is 1.19 bits per heavy atom. The number of hydrogen-bond acceptors (Lipinski definition) is 3. The Balaban J connectivity index is 1.54. The van der Waals surface area contributed by atoms with Crippen LogP contribution in [0.2, 0.25) is 0 Å². The summed E-state index contributed by atoms with van der Waals surface area (Å²) in [5, 5.41) is 2.90. The van der Waals surface area contributed by atoms with Crippen LogP contribution in [0.4, 0.5) is 4.79 Å². The van der Waals surface area contributed by atoms with Crippen LogP contribution >= 0.6 is 11.3 Å². The molecule has 1 N–H and O–H groups in total. The Kier molecular flexibility index (Phi) is 5.82. The van der Waals surface area contributed by atoms with Crippen LogP contribution in [0.5, 0.6) is 0 Å². The fraction of sp³-hybridized carbons (Fsp3) is 0.522. The van der Waals surface area contributed by atoms with E-state index in [1.165, 1.54) is 54.4 Å². The molecule has 4 rings (SSSR count). The molecular weight excluding hydrogens is 354 g/mol. The Bertz CT molecular complexity index is 811. The van der Waals surface area contributed by atoms with Gasteiger partial charge in [-0.15, -0.1) is 11.3 Å². The summed E-state index contributed by atoms with van der Waals surface area (Å²) < 4.78 is 5.09. The van der Waals surface area contributed by atoms with E-state index in [0.29, 0.717) is 19.1 Å². The van der Waals surface area contributed by atoms with Gasteiger partial charge < -0.3 is 10.1 Å². The van der Waals surface area contributed by atoms with Crippen molar-refractivity contribution < 1.29 is 9.53 Å². The van der Waals surface area contributed by atoms with Crippen LogP contribution in [0, 0.1) is 0 Å². The second-order valence-corrected chi connectivity index (χ2v) is 9.00. The summed E-state index contributed by atoms with van der Waals surface area (Å²) >= 11 is 2.03. The number of aryl methyl sites for hydroxylation is 3. The summed E-state index contributed by atoms with van der Waals surface area (Å²) in [4.78, 5) is 14.7. The minimum atomic E-state index is -0.281. The summed E-state index contributed by atoms with van der Waals surface area (Å²) in [6.07, 6.45) is 9.15. The van der Waals surface area contributed by atoms with Gasteiger partial charge in [-0.25, -0.2) is 4.79 Å². The molecular formula is C23H29NO2S. The van der Waals surface area contributed by atoms with Gasteiger partial charge in [-0.05, 0) is 66.8 Å². The molecule has 0 radical (unpaired) electrons. The van der Waals surface area contributed by atoms with E-state index in [1.54, 1.807) is 9.75 Å². The molecule has 1 aromatic heterocycles. The zero-order chi connectivity index (χ0) is 18.6. The number of hydrogen-bond donors (Lipinski definition) is 1. The molecule has 3 nitrogen and oxygen atoms in total. The van der Waals surface area contributed by atoms with Gasteiger partial charge in [0.25, 0.3) is 0 Å². The SMILES string of the molecule is CCCCCc1cc2c(s1)CCc1cc([C@H]3CCCOC(=O)NC3)ccc1-2. The van der Waals surface area contributed by atoms with Crippen LogP contribution in [-0.2, 0) is 24.0 Å². The summed E-state index contributed by atoms with van der Waals surface area (Å²) in [7, 11) is 0. The van der Waals surface area contributed by atoms with Gasteiger partial charge in [0.1, 0.15) is 0 Å². The molecule has 1 aromatic carbocycles. The normalized spacial score (nSPS) is 19.3. The van der Waals surface area contributed by atoms with Gasteiger partial charge in [0, 0.05) is 22.2 Å². The molecule has 0 unspecified atom stereocenters.